The molecule has 0 saturated carbocycles. The highest BCUT2D eigenvalue weighted by Crippen LogP contribution is 2.19. The molecule has 2 N–H and O–H groups in total. The maximum atomic E-state index is 5.88. The topological polar surface area (TPSA) is 49.8 Å². The van der Waals surface area contributed by atoms with Crippen molar-refractivity contribution in [3.05, 3.63) is 16.5 Å². The summed E-state index contributed by atoms with van der Waals surface area (Å²) >= 11 is 11.5. The van der Waals surface area contributed by atoms with Crippen LogP contribution < -0.4 is 10.6 Å². The molecule has 0 spiro atoms. The predicted octanol–water partition coefficient (Wildman–Crippen LogP) is 1.41. The molecule has 1 aromatic rings. The Balaban J connectivity index is 1.96. The van der Waals surface area contributed by atoms with Crippen molar-refractivity contribution in [3.8, 4) is 0 Å². The standard InChI is InChI=1S/C8H10Cl2N4/c9-6-4-13-8(10)14-7(6)12-3-5-1-11-2-5/h4-5,11H,1-3H2,(H,12,13,14). The third kappa shape index (κ3) is 2.26. The van der Waals surface area contributed by atoms with Gasteiger partial charge in [0.05, 0.1) is 6.20 Å². The smallest absolute Gasteiger partial charge is 0.224 e. The fraction of sp³-hybridized carbons (Fsp3) is 0.500. The van der Waals surface area contributed by atoms with Gasteiger partial charge in [0.2, 0.25) is 5.28 Å². The first-order chi connectivity index (χ1) is 6.75. The Morgan fingerprint density at radius 3 is 2.93 bits per heavy atom. The van der Waals surface area contributed by atoms with E-state index in [4.69, 9.17) is 23.2 Å². The van der Waals surface area contributed by atoms with E-state index in [1.807, 2.05) is 0 Å². The Morgan fingerprint density at radius 1 is 1.50 bits per heavy atom. The number of rotatable bonds is 3. The van der Waals surface area contributed by atoms with Crippen molar-refractivity contribution in [1.82, 2.24) is 15.3 Å². The first-order valence-corrected chi connectivity index (χ1v) is 5.14. The molecule has 0 radical (unpaired) electrons. The van der Waals surface area contributed by atoms with E-state index in [2.05, 4.69) is 20.6 Å². The monoisotopic (exact) mass is 232 g/mol. The molecule has 76 valence electrons. The summed E-state index contributed by atoms with van der Waals surface area (Å²) < 4.78 is 0. The molecule has 2 rings (SSSR count). The lowest BCUT2D eigenvalue weighted by molar-refractivity contribution is 0.365. The molecule has 1 aliphatic rings. The molecule has 1 aromatic heterocycles. The maximum Gasteiger partial charge on any atom is 0.224 e. The van der Waals surface area contributed by atoms with Gasteiger partial charge in [0, 0.05) is 25.6 Å². The molecule has 0 atom stereocenters. The van der Waals surface area contributed by atoms with Gasteiger partial charge in [0.1, 0.15) is 10.8 Å². The van der Waals surface area contributed by atoms with Crippen molar-refractivity contribution in [2.24, 2.45) is 5.92 Å². The first kappa shape index (κ1) is 9.96. The minimum atomic E-state index is 0.212. The Bertz CT molecular complexity index is 327. The van der Waals surface area contributed by atoms with E-state index in [0.717, 1.165) is 19.6 Å². The highest BCUT2D eigenvalue weighted by Gasteiger charge is 2.16. The maximum absolute atomic E-state index is 5.88. The molecular formula is C8H10Cl2N4. The van der Waals surface area contributed by atoms with Crippen molar-refractivity contribution in [2.45, 2.75) is 0 Å². The molecule has 0 aromatic carbocycles. The van der Waals surface area contributed by atoms with E-state index in [9.17, 15) is 0 Å². The van der Waals surface area contributed by atoms with E-state index in [0.29, 0.717) is 16.8 Å². The van der Waals surface area contributed by atoms with Crippen LogP contribution in [0.1, 0.15) is 0 Å². The molecule has 2 heterocycles. The zero-order chi connectivity index (χ0) is 9.97. The molecule has 0 unspecified atom stereocenters. The number of nitrogens with zero attached hydrogens (tertiary/aromatic N) is 2. The molecule has 0 aliphatic carbocycles. The third-order valence-electron chi connectivity index (χ3n) is 2.14. The summed E-state index contributed by atoms with van der Waals surface area (Å²) in [6.45, 7) is 2.95. The third-order valence-corrected chi connectivity index (χ3v) is 2.60. The normalized spacial score (nSPS) is 16.4. The van der Waals surface area contributed by atoms with E-state index in [1.165, 1.54) is 6.20 Å². The fourth-order valence-electron chi connectivity index (χ4n) is 1.20. The van der Waals surface area contributed by atoms with Gasteiger partial charge >= 0.3 is 0 Å². The van der Waals surface area contributed by atoms with Crippen molar-refractivity contribution in [1.29, 1.82) is 0 Å². The summed E-state index contributed by atoms with van der Waals surface area (Å²) in [7, 11) is 0. The van der Waals surface area contributed by atoms with Crippen LogP contribution in [0.2, 0.25) is 10.3 Å². The molecule has 0 bridgehead atoms. The van der Waals surface area contributed by atoms with Gasteiger partial charge in [-0.3, -0.25) is 0 Å². The van der Waals surface area contributed by atoms with E-state index >= 15 is 0 Å². The van der Waals surface area contributed by atoms with E-state index in [1.54, 1.807) is 0 Å². The van der Waals surface area contributed by atoms with Crippen LogP contribution in [-0.4, -0.2) is 29.6 Å². The number of hydrogen-bond donors (Lipinski definition) is 2. The number of hydrogen-bond acceptors (Lipinski definition) is 4. The summed E-state index contributed by atoms with van der Waals surface area (Å²) in [4.78, 5) is 7.76. The van der Waals surface area contributed by atoms with Gasteiger partial charge in [-0.05, 0) is 11.6 Å². The number of anilines is 1. The quantitative estimate of drug-likeness (QED) is 0.775. The fourth-order valence-corrected chi connectivity index (χ4v) is 1.49. The Hall–Kier alpha value is -0.580. The van der Waals surface area contributed by atoms with Crippen LogP contribution >= 0.6 is 23.2 Å². The Kier molecular flexibility index (Phi) is 3.05. The van der Waals surface area contributed by atoms with Crippen LogP contribution in [0.25, 0.3) is 0 Å². The predicted molar refractivity (Wildman–Crippen MR) is 56.9 cm³/mol. The van der Waals surface area contributed by atoms with Crippen LogP contribution in [0.4, 0.5) is 5.82 Å². The van der Waals surface area contributed by atoms with Crippen LogP contribution in [0, 0.1) is 5.92 Å². The number of aromatic nitrogens is 2. The Morgan fingerprint density at radius 2 is 2.29 bits per heavy atom. The van der Waals surface area contributed by atoms with E-state index in [-0.39, 0.29) is 5.28 Å². The van der Waals surface area contributed by atoms with Gasteiger partial charge in [0.15, 0.2) is 0 Å². The lowest BCUT2D eigenvalue weighted by Gasteiger charge is -2.27. The Labute approximate surface area is 92.0 Å². The average molecular weight is 233 g/mol. The molecule has 6 heteroatoms. The van der Waals surface area contributed by atoms with Crippen molar-refractivity contribution >= 4 is 29.0 Å². The lowest BCUT2D eigenvalue weighted by atomic mass is 10.0. The van der Waals surface area contributed by atoms with Crippen LogP contribution in [0.5, 0.6) is 0 Å². The molecule has 1 fully saturated rings. The minimum Gasteiger partial charge on any atom is -0.368 e. The van der Waals surface area contributed by atoms with Crippen LogP contribution in [-0.2, 0) is 0 Å². The highest BCUT2D eigenvalue weighted by atomic mass is 35.5. The summed E-state index contributed by atoms with van der Waals surface area (Å²) in [6.07, 6.45) is 1.50. The van der Waals surface area contributed by atoms with Crippen molar-refractivity contribution in [3.63, 3.8) is 0 Å². The van der Waals surface area contributed by atoms with Gasteiger partial charge in [-0.1, -0.05) is 11.6 Å². The van der Waals surface area contributed by atoms with E-state index < -0.39 is 0 Å². The SMILES string of the molecule is Clc1ncc(Cl)c(NCC2CNC2)n1. The molecule has 0 amide bonds. The second kappa shape index (κ2) is 4.29. The minimum absolute atomic E-state index is 0.212. The largest absolute Gasteiger partial charge is 0.368 e. The number of halogens is 2. The van der Waals surface area contributed by atoms with Gasteiger partial charge in [-0.25, -0.2) is 4.98 Å². The average Bonchev–Trinajstić information content (AvgIpc) is 2.08. The van der Waals surface area contributed by atoms with Gasteiger partial charge in [0.25, 0.3) is 0 Å². The van der Waals surface area contributed by atoms with Gasteiger partial charge in [-0.15, -0.1) is 0 Å². The van der Waals surface area contributed by atoms with Gasteiger partial charge in [-0.2, -0.15) is 4.98 Å². The molecule has 14 heavy (non-hydrogen) atoms. The van der Waals surface area contributed by atoms with Crippen molar-refractivity contribution < 1.29 is 0 Å². The molecular weight excluding hydrogens is 223 g/mol. The summed E-state index contributed by atoms with van der Waals surface area (Å²) in [5, 5.41) is 7.05. The lowest BCUT2D eigenvalue weighted by Crippen LogP contribution is -2.45. The molecule has 1 aliphatic heterocycles. The van der Waals surface area contributed by atoms with Crippen LogP contribution in [0.15, 0.2) is 6.20 Å². The molecule has 4 nitrogen and oxygen atoms in total. The summed E-state index contributed by atoms with van der Waals surface area (Å²) in [5.41, 5.74) is 0. The first-order valence-electron chi connectivity index (χ1n) is 4.38. The highest BCUT2D eigenvalue weighted by molar-refractivity contribution is 6.33. The second-order valence-corrected chi connectivity index (χ2v) is 3.99. The van der Waals surface area contributed by atoms with Gasteiger partial charge < -0.3 is 10.6 Å². The van der Waals surface area contributed by atoms with Crippen LogP contribution in [0.3, 0.4) is 0 Å². The number of nitrogens with one attached hydrogen (secondary N) is 2. The second-order valence-electron chi connectivity index (χ2n) is 3.24. The summed E-state index contributed by atoms with van der Waals surface area (Å²) in [6, 6.07) is 0. The van der Waals surface area contributed by atoms with Crippen molar-refractivity contribution in [2.75, 3.05) is 25.0 Å². The zero-order valence-corrected chi connectivity index (χ0v) is 8.94. The molecule has 1 saturated heterocycles. The zero-order valence-electron chi connectivity index (χ0n) is 7.43. The summed E-state index contributed by atoms with van der Waals surface area (Å²) in [5.74, 6) is 1.26.